The third kappa shape index (κ3) is 4.66. The van der Waals surface area contributed by atoms with E-state index < -0.39 is 17.6 Å². The molecule has 2 aromatic carbocycles. The summed E-state index contributed by atoms with van der Waals surface area (Å²) in [5.74, 6) is -1.05. The number of likely N-dealkylation sites (tertiary alicyclic amines) is 1. The summed E-state index contributed by atoms with van der Waals surface area (Å²) in [5.41, 5.74) is 1.25. The predicted octanol–water partition coefficient (Wildman–Crippen LogP) is 7.48. The van der Waals surface area contributed by atoms with Crippen molar-refractivity contribution in [1.82, 2.24) is 4.90 Å². The Labute approximate surface area is 209 Å². The van der Waals surface area contributed by atoms with E-state index in [1.54, 1.807) is 26.8 Å². The summed E-state index contributed by atoms with van der Waals surface area (Å²) in [5, 5.41) is 1.76. The number of imide groups is 1. The second kappa shape index (κ2) is 8.98. The highest BCUT2D eigenvalue weighted by atomic mass is 35.5. The highest BCUT2D eigenvalue weighted by Crippen LogP contribution is 2.53. The van der Waals surface area contributed by atoms with Gasteiger partial charge in [-0.2, -0.15) is 0 Å². The van der Waals surface area contributed by atoms with E-state index in [0.717, 1.165) is 11.1 Å². The lowest BCUT2D eigenvalue weighted by atomic mass is 9.65. The first-order valence-corrected chi connectivity index (χ1v) is 12.1. The van der Waals surface area contributed by atoms with Gasteiger partial charge >= 0.3 is 6.09 Å². The molecule has 0 aromatic heterocycles. The molecule has 2 aliphatic rings. The minimum absolute atomic E-state index is 0.106. The fourth-order valence-electron chi connectivity index (χ4n) is 5.08. The Morgan fingerprint density at radius 1 is 0.939 bits per heavy atom. The molecule has 0 unspecified atom stereocenters. The van der Waals surface area contributed by atoms with Gasteiger partial charge in [0.2, 0.25) is 5.91 Å². The number of carbonyl (C=O) groups excluding carboxylic acids is 2. The average molecular weight is 507 g/mol. The van der Waals surface area contributed by atoms with Crippen LogP contribution in [-0.2, 0) is 9.53 Å². The molecule has 0 radical (unpaired) electrons. The highest BCUT2D eigenvalue weighted by Gasteiger charge is 2.54. The number of hydrogen-bond acceptors (Lipinski definition) is 3. The first kappa shape index (κ1) is 24.1. The zero-order valence-electron chi connectivity index (χ0n) is 18.9. The molecule has 5 atom stereocenters. The Morgan fingerprint density at radius 3 is 2.15 bits per heavy atom. The quantitative estimate of drug-likeness (QED) is 0.397. The molecule has 1 aliphatic heterocycles. The van der Waals surface area contributed by atoms with E-state index in [1.807, 2.05) is 55.5 Å². The Balaban J connectivity index is 1.80. The third-order valence-electron chi connectivity index (χ3n) is 6.40. The van der Waals surface area contributed by atoms with Crippen molar-refractivity contribution in [2.75, 3.05) is 0 Å². The van der Waals surface area contributed by atoms with Crippen LogP contribution in [0.3, 0.4) is 0 Å². The molecule has 0 bridgehead atoms. The van der Waals surface area contributed by atoms with Crippen molar-refractivity contribution < 1.29 is 14.3 Å². The Kier molecular flexibility index (Phi) is 6.56. The molecule has 33 heavy (non-hydrogen) atoms. The van der Waals surface area contributed by atoms with Gasteiger partial charge in [-0.3, -0.25) is 4.79 Å². The molecule has 2 aromatic rings. The van der Waals surface area contributed by atoms with Crippen molar-refractivity contribution in [3.63, 3.8) is 0 Å². The molecule has 1 saturated heterocycles. The number of carbonyl (C=O) groups is 2. The number of hydrogen-bond donors (Lipinski definition) is 0. The Hall–Kier alpha value is -2.01. The van der Waals surface area contributed by atoms with Crippen LogP contribution in [0.4, 0.5) is 4.79 Å². The number of benzene rings is 2. The monoisotopic (exact) mass is 505 g/mol. The summed E-state index contributed by atoms with van der Waals surface area (Å²) in [6, 6.07) is 12.8. The molecule has 0 saturated carbocycles. The van der Waals surface area contributed by atoms with Gasteiger partial charge in [-0.25, -0.2) is 9.69 Å². The predicted molar refractivity (Wildman–Crippen MR) is 132 cm³/mol. The number of fused-ring (bicyclic) bond motifs is 1. The van der Waals surface area contributed by atoms with Crippen LogP contribution in [0.2, 0.25) is 15.1 Å². The number of rotatable bonds is 2. The standard InChI is InChI=1S/C26H26Cl3NO3/c1-14-22-20(24(31)30(14)25(32)33-26(2,3)4)12-11-19(18-10-9-17(28)13-21(18)29)23(22)15-5-7-16(27)8-6-15/h5-14,19-20,22-23H,1-4H3/t14-,19+,20+,22-,23+/m1/s1. The summed E-state index contributed by atoms with van der Waals surface area (Å²) in [6.07, 6.45) is 3.33. The lowest BCUT2D eigenvalue weighted by molar-refractivity contribution is -0.130. The van der Waals surface area contributed by atoms with Gasteiger partial charge in [-0.05, 0) is 63.1 Å². The molecule has 0 spiro atoms. The largest absolute Gasteiger partial charge is 0.443 e. The number of amides is 2. The maximum atomic E-state index is 13.4. The van der Waals surface area contributed by atoms with Gasteiger partial charge in [0.15, 0.2) is 0 Å². The van der Waals surface area contributed by atoms with Gasteiger partial charge in [0.1, 0.15) is 5.60 Å². The fraction of sp³-hybridized carbons (Fsp3) is 0.385. The van der Waals surface area contributed by atoms with Crippen molar-refractivity contribution in [2.45, 2.75) is 51.2 Å². The minimum atomic E-state index is -0.699. The lowest BCUT2D eigenvalue weighted by Crippen LogP contribution is -2.43. The molecular formula is C26H26Cl3NO3. The summed E-state index contributed by atoms with van der Waals surface area (Å²) < 4.78 is 5.56. The van der Waals surface area contributed by atoms with E-state index in [9.17, 15) is 9.59 Å². The normalized spacial score (nSPS) is 26.9. The van der Waals surface area contributed by atoms with E-state index in [-0.39, 0.29) is 29.7 Å². The van der Waals surface area contributed by atoms with Gasteiger partial charge in [0.25, 0.3) is 0 Å². The van der Waals surface area contributed by atoms with Crippen LogP contribution in [0.1, 0.15) is 50.7 Å². The number of halogens is 3. The first-order valence-electron chi connectivity index (χ1n) is 10.9. The van der Waals surface area contributed by atoms with Crippen LogP contribution in [0.15, 0.2) is 54.6 Å². The Bertz CT molecular complexity index is 1110. The molecule has 4 rings (SSSR count). The topological polar surface area (TPSA) is 46.6 Å². The van der Waals surface area contributed by atoms with Gasteiger partial charge in [0, 0.05) is 38.9 Å². The van der Waals surface area contributed by atoms with Crippen molar-refractivity contribution in [2.24, 2.45) is 11.8 Å². The summed E-state index contributed by atoms with van der Waals surface area (Å²) in [4.78, 5) is 27.6. The maximum absolute atomic E-state index is 13.4. The molecule has 2 amide bonds. The highest BCUT2D eigenvalue weighted by molar-refractivity contribution is 6.35. The zero-order chi connectivity index (χ0) is 24.1. The molecule has 0 N–H and O–H groups in total. The van der Waals surface area contributed by atoms with E-state index in [0.29, 0.717) is 15.1 Å². The third-order valence-corrected chi connectivity index (χ3v) is 7.21. The van der Waals surface area contributed by atoms with Crippen molar-refractivity contribution in [3.8, 4) is 0 Å². The van der Waals surface area contributed by atoms with Crippen molar-refractivity contribution in [3.05, 3.63) is 80.8 Å². The number of nitrogens with zero attached hydrogens (tertiary/aromatic N) is 1. The molecule has 174 valence electrons. The van der Waals surface area contributed by atoms with Crippen LogP contribution in [0.5, 0.6) is 0 Å². The zero-order valence-corrected chi connectivity index (χ0v) is 21.2. The van der Waals surface area contributed by atoms with E-state index in [4.69, 9.17) is 39.5 Å². The SMILES string of the molecule is C[C@@H]1[C@H]2[C@@H](c3ccc(Cl)cc3)[C@H](c3ccc(Cl)cc3Cl)C=C[C@@H]2C(=O)N1C(=O)OC(C)(C)C. The summed E-state index contributed by atoms with van der Waals surface area (Å²) in [7, 11) is 0. The van der Waals surface area contributed by atoms with Crippen LogP contribution < -0.4 is 0 Å². The van der Waals surface area contributed by atoms with Crippen molar-refractivity contribution in [1.29, 1.82) is 0 Å². The van der Waals surface area contributed by atoms with Crippen LogP contribution in [0.25, 0.3) is 0 Å². The molecule has 7 heteroatoms. The Morgan fingerprint density at radius 2 is 1.55 bits per heavy atom. The average Bonchev–Trinajstić information content (AvgIpc) is 2.97. The van der Waals surface area contributed by atoms with E-state index in [2.05, 4.69) is 0 Å². The van der Waals surface area contributed by atoms with Gasteiger partial charge < -0.3 is 4.74 Å². The molecule has 1 heterocycles. The maximum Gasteiger partial charge on any atom is 0.417 e. The second-order valence-corrected chi connectivity index (χ2v) is 11.0. The van der Waals surface area contributed by atoms with Crippen LogP contribution in [-0.4, -0.2) is 28.5 Å². The second-order valence-electron chi connectivity index (χ2n) is 9.69. The number of ether oxygens (including phenoxy) is 1. The molecule has 1 fully saturated rings. The van der Waals surface area contributed by atoms with Crippen molar-refractivity contribution >= 4 is 46.8 Å². The number of allylic oxidation sites excluding steroid dienone is 1. The molecular weight excluding hydrogens is 481 g/mol. The van der Waals surface area contributed by atoms with Gasteiger partial charge in [0.05, 0.1) is 5.92 Å². The van der Waals surface area contributed by atoms with Gasteiger partial charge in [-0.1, -0.05) is 65.2 Å². The fourth-order valence-corrected chi connectivity index (χ4v) is 5.74. The lowest BCUT2D eigenvalue weighted by Gasteiger charge is -2.38. The van der Waals surface area contributed by atoms with E-state index in [1.165, 1.54) is 4.90 Å². The molecule has 1 aliphatic carbocycles. The summed E-state index contributed by atoms with van der Waals surface area (Å²) in [6.45, 7) is 7.28. The van der Waals surface area contributed by atoms with Crippen LogP contribution in [0, 0.1) is 11.8 Å². The molecule has 4 nitrogen and oxygen atoms in total. The minimum Gasteiger partial charge on any atom is -0.443 e. The first-order chi connectivity index (χ1) is 15.5. The smallest absolute Gasteiger partial charge is 0.417 e. The van der Waals surface area contributed by atoms with Crippen LogP contribution >= 0.6 is 34.8 Å². The summed E-state index contributed by atoms with van der Waals surface area (Å²) >= 11 is 18.9. The van der Waals surface area contributed by atoms with E-state index >= 15 is 0 Å². The van der Waals surface area contributed by atoms with Gasteiger partial charge in [-0.15, -0.1) is 0 Å².